The maximum absolute atomic E-state index is 7.17. The van der Waals surface area contributed by atoms with Crippen molar-refractivity contribution in [3.05, 3.63) is 0 Å². The molecule has 0 aromatic rings. The molecule has 0 atom stereocenters. The van der Waals surface area contributed by atoms with Crippen molar-refractivity contribution in [2.24, 2.45) is 0 Å². The summed E-state index contributed by atoms with van der Waals surface area (Å²) in [6.07, 6.45) is 0. The zero-order valence-electron chi connectivity index (χ0n) is 3.33. The monoisotopic (exact) mass is 126 g/mol. The summed E-state index contributed by atoms with van der Waals surface area (Å²) < 4.78 is 0. The quantitative estimate of drug-likeness (QED) is 0.307. The normalized spacial score (nSPS) is 4.50. The summed E-state index contributed by atoms with van der Waals surface area (Å²) in [4.78, 5) is 0. The van der Waals surface area contributed by atoms with Gasteiger partial charge in [0.15, 0.2) is 0 Å². The molecule has 0 spiro atoms. The molecule has 24 valence electrons. The van der Waals surface area contributed by atoms with Crippen LogP contribution in [0.15, 0.2) is 0 Å². The standard InChI is InChI=1S/BH3O3.Ca.Mg/c2-1(3)4;;/h2-4H;;/q;2*+2. The van der Waals surface area contributed by atoms with E-state index < -0.39 is 7.32 Å². The van der Waals surface area contributed by atoms with Gasteiger partial charge in [-0.05, 0) is 0 Å². The van der Waals surface area contributed by atoms with Gasteiger partial charge in [-0.25, -0.2) is 0 Å². The van der Waals surface area contributed by atoms with E-state index in [-0.39, 0.29) is 60.8 Å². The topological polar surface area (TPSA) is 60.7 Å². The van der Waals surface area contributed by atoms with Crippen molar-refractivity contribution in [1.82, 2.24) is 0 Å². The Morgan fingerprint density at radius 3 is 1.00 bits per heavy atom. The molecule has 0 aromatic carbocycles. The van der Waals surface area contributed by atoms with Crippen LogP contribution in [0.4, 0.5) is 0 Å². The van der Waals surface area contributed by atoms with Crippen molar-refractivity contribution in [1.29, 1.82) is 0 Å². The second-order valence-electron chi connectivity index (χ2n) is 0.346. The number of rotatable bonds is 0. The van der Waals surface area contributed by atoms with Crippen LogP contribution >= 0.6 is 0 Å². The zero-order valence-corrected chi connectivity index (χ0v) is 6.96. The molecule has 0 aromatic heterocycles. The van der Waals surface area contributed by atoms with Gasteiger partial charge in [0.1, 0.15) is 0 Å². The van der Waals surface area contributed by atoms with E-state index in [1.54, 1.807) is 0 Å². The summed E-state index contributed by atoms with van der Waals surface area (Å²) in [5.74, 6) is 0. The summed E-state index contributed by atoms with van der Waals surface area (Å²) in [6, 6.07) is 0. The molecular formula is H3BCaMgO3+4. The number of hydrogen-bond donors (Lipinski definition) is 3. The van der Waals surface area contributed by atoms with Crippen molar-refractivity contribution < 1.29 is 15.1 Å². The Hall–Kier alpha value is 1.97. The molecule has 0 aliphatic carbocycles. The molecular weight excluding hydrogens is 123 g/mol. The van der Waals surface area contributed by atoms with Crippen LogP contribution in [-0.4, -0.2) is 83.2 Å². The molecule has 0 saturated heterocycles. The van der Waals surface area contributed by atoms with E-state index in [2.05, 4.69) is 0 Å². The van der Waals surface area contributed by atoms with Crippen molar-refractivity contribution in [2.75, 3.05) is 0 Å². The average Bonchev–Trinajstić information content (AvgIpc) is 0.811. The number of hydrogen-bond acceptors (Lipinski definition) is 3. The van der Waals surface area contributed by atoms with Crippen LogP contribution in [-0.2, 0) is 0 Å². The second kappa shape index (κ2) is 10.1. The Bertz CT molecular complexity index is 15.5. The second-order valence-corrected chi connectivity index (χ2v) is 0.346. The fraction of sp³-hybridized carbons (Fsp3) is 0. The first-order valence-electron chi connectivity index (χ1n) is 0.775. The van der Waals surface area contributed by atoms with Gasteiger partial charge < -0.3 is 15.1 Å². The minimum Gasteiger partial charge on any atom is -0.402 e. The van der Waals surface area contributed by atoms with E-state index >= 15 is 0 Å². The third kappa shape index (κ3) is 38.0. The SMILES string of the molecule is OB(O)O.[Ca+2].[Mg+2]. The van der Waals surface area contributed by atoms with Gasteiger partial charge in [0.2, 0.25) is 0 Å². The smallest absolute Gasteiger partial charge is 0.402 e. The van der Waals surface area contributed by atoms with Gasteiger partial charge >= 0.3 is 68.1 Å². The predicted molar refractivity (Wildman–Crippen MR) is 23.9 cm³/mol. The van der Waals surface area contributed by atoms with Crippen molar-refractivity contribution in [3.63, 3.8) is 0 Å². The minimum absolute atomic E-state index is 0. The molecule has 0 bridgehead atoms. The average molecular weight is 126 g/mol. The largest absolute Gasteiger partial charge is 2.00 e. The van der Waals surface area contributed by atoms with Crippen LogP contribution in [0.1, 0.15) is 0 Å². The Morgan fingerprint density at radius 2 is 1.00 bits per heavy atom. The maximum Gasteiger partial charge on any atom is 2.00 e. The van der Waals surface area contributed by atoms with Gasteiger partial charge in [0, 0.05) is 0 Å². The van der Waals surface area contributed by atoms with Crippen LogP contribution < -0.4 is 0 Å². The fourth-order valence-electron chi connectivity index (χ4n) is 0. The summed E-state index contributed by atoms with van der Waals surface area (Å²) in [5, 5.41) is 21.5. The Labute approximate surface area is 82.1 Å². The van der Waals surface area contributed by atoms with Gasteiger partial charge in [-0.15, -0.1) is 0 Å². The van der Waals surface area contributed by atoms with E-state index in [0.717, 1.165) is 0 Å². The van der Waals surface area contributed by atoms with E-state index in [1.165, 1.54) is 0 Å². The molecule has 0 fully saturated rings. The molecule has 0 radical (unpaired) electrons. The van der Waals surface area contributed by atoms with Crippen LogP contribution in [0, 0.1) is 0 Å². The Balaban J connectivity index is -0.0000000450. The van der Waals surface area contributed by atoms with E-state index in [9.17, 15) is 0 Å². The summed E-state index contributed by atoms with van der Waals surface area (Å²) >= 11 is 0. The van der Waals surface area contributed by atoms with Crippen molar-refractivity contribution in [2.45, 2.75) is 0 Å². The molecule has 0 aliphatic rings. The first-order valence-corrected chi connectivity index (χ1v) is 0.775. The van der Waals surface area contributed by atoms with Crippen molar-refractivity contribution in [3.8, 4) is 0 Å². The summed E-state index contributed by atoms with van der Waals surface area (Å²) in [5.41, 5.74) is 0. The van der Waals surface area contributed by atoms with Crippen LogP contribution in [0.25, 0.3) is 0 Å². The molecule has 0 heterocycles. The van der Waals surface area contributed by atoms with Crippen LogP contribution in [0.5, 0.6) is 0 Å². The maximum atomic E-state index is 7.17. The summed E-state index contributed by atoms with van der Waals surface area (Å²) in [7, 11) is -2.17. The molecule has 0 aliphatic heterocycles. The van der Waals surface area contributed by atoms with Gasteiger partial charge in [0.05, 0.1) is 0 Å². The van der Waals surface area contributed by atoms with E-state index in [1.807, 2.05) is 0 Å². The molecule has 3 N–H and O–H groups in total. The minimum atomic E-state index is -2.17. The van der Waals surface area contributed by atoms with E-state index in [0.29, 0.717) is 0 Å². The molecule has 0 saturated carbocycles. The first-order chi connectivity index (χ1) is 1.73. The first kappa shape index (κ1) is 15.7. The molecule has 6 heteroatoms. The molecule has 0 amide bonds. The van der Waals surface area contributed by atoms with Gasteiger partial charge in [-0.1, -0.05) is 0 Å². The van der Waals surface area contributed by atoms with Crippen LogP contribution in [0.2, 0.25) is 0 Å². The summed E-state index contributed by atoms with van der Waals surface area (Å²) in [6.45, 7) is 0. The van der Waals surface area contributed by atoms with Crippen molar-refractivity contribution >= 4 is 68.1 Å². The van der Waals surface area contributed by atoms with Gasteiger partial charge in [-0.2, -0.15) is 0 Å². The predicted octanol–water partition coefficient (Wildman–Crippen LogP) is -2.81. The third-order valence-electron chi connectivity index (χ3n) is 0. The zero-order chi connectivity index (χ0) is 3.58. The fourth-order valence-corrected chi connectivity index (χ4v) is 0. The van der Waals surface area contributed by atoms with Gasteiger partial charge in [-0.3, -0.25) is 0 Å². The molecule has 0 rings (SSSR count). The van der Waals surface area contributed by atoms with E-state index in [4.69, 9.17) is 15.1 Å². The van der Waals surface area contributed by atoms with Crippen LogP contribution in [0.3, 0.4) is 0 Å². The molecule has 3 nitrogen and oxygen atoms in total. The van der Waals surface area contributed by atoms with Gasteiger partial charge in [0.25, 0.3) is 0 Å². The third-order valence-corrected chi connectivity index (χ3v) is 0. The Morgan fingerprint density at radius 1 is 1.00 bits per heavy atom. The molecule has 0 unspecified atom stereocenters. The Kier molecular flexibility index (Phi) is 26.3. The molecule has 6 heavy (non-hydrogen) atoms.